The maximum absolute atomic E-state index is 12.5. The molecule has 0 bridgehead atoms. The number of ether oxygens (including phenoxy) is 1. The van der Waals surface area contributed by atoms with Crippen molar-refractivity contribution < 1.29 is 23.0 Å². The van der Waals surface area contributed by atoms with Crippen LogP contribution in [0.2, 0.25) is 0 Å². The summed E-state index contributed by atoms with van der Waals surface area (Å²) in [4.78, 5) is 5.47. The molecule has 0 spiro atoms. The molecule has 1 aliphatic heterocycles. The molecule has 33 heavy (non-hydrogen) atoms. The van der Waals surface area contributed by atoms with E-state index in [-0.39, 0.29) is 11.6 Å². The van der Waals surface area contributed by atoms with E-state index in [0.717, 1.165) is 59.9 Å². The highest BCUT2D eigenvalue weighted by Gasteiger charge is 2.31. The third kappa shape index (κ3) is 6.44. The number of aliphatic hydroxyl groups excluding tert-OH is 1. The molecule has 2 aromatic carbocycles. The van der Waals surface area contributed by atoms with Crippen LogP contribution in [0.3, 0.4) is 0 Å². The predicted octanol–water partition coefficient (Wildman–Crippen LogP) is 5.44. The predicted molar refractivity (Wildman–Crippen MR) is 122 cm³/mol. The summed E-state index contributed by atoms with van der Waals surface area (Å²) >= 11 is 0. The third-order valence-electron chi connectivity index (χ3n) is 5.90. The number of H-pyrrole nitrogens is 1. The second-order valence-corrected chi connectivity index (χ2v) is 8.29. The van der Waals surface area contributed by atoms with Crippen molar-refractivity contribution in [3.63, 3.8) is 0 Å². The van der Waals surface area contributed by atoms with Gasteiger partial charge in [0.25, 0.3) is 0 Å². The Morgan fingerprint density at radius 3 is 2.85 bits per heavy atom. The molecule has 5 nitrogen and oxygen atoms in total. The lowest BCUT2D eigenvalue weighted by Crippen LogP contribution is -2.31. The summed E-state index contributed by atoms with van der Waals surface area (Å²) in [6, 6.07) is 12.7. The summed E-state index contributed by atoms with van der Waals surface area (Å²) in [6.07, 6.45) is 2.32. The number of hydrogen-bond donors (Lipinski definition) is 3. The zero-order valence-electron chi connectivity index (χ0n) is 18.3. The molecule has 0 amide bonds. The number of nitrogens with one attached hydrogen (secondary N) is 2. The van der Waals surface area contributed by atoms with Crippen molar-refractivity contribution in [2.24, 2.45) is 0 Å². The minimum atomic E-state index is -4.68. The van der Waals surface area contributed by atoms with Crippen molar-refractivity contribution in [3.05, 3.63) is 77.3 Å². The number of nitrogens with zero attached hydrogens (tertiary/aromatic N) is 1. The summed E-state index contributed by atoms with van der Waals surface area (Å²) in [5.74, 6) is 0.00609. The average Bonchev–Trinajstić information content (AvgIpc) is 3.19. The molecule has 1 aromatic heterocycles. The number of unbranched alkanes of at least 4 members (excludes halogenated alkanes) is 1. The summed E-state index contributed by atoms with van der Waals surface area (Å²) in [5.41, 5.74) is 4.18. The second kappa shape index (κ2) is 10.2. The summed E-state index contributed by atoms with van der Waals surface area (Å²) < 4.78 is 41.4. The SMILES string of the molecule is O/C(=C/Cc1c[nH]c2ccccc12)NCCCCN1CCc2ccc(OC(F)(F)F)cc2C1. The van der Waals surface area contributed by atoms with Crippen molar-refractivity contribution in [1.82, 2.24) is 15.2 Å². The van der Waals surface area contributed by atoms with Gasteiger partial charge in [-0.2, -0.15) is 0 Å². The van der Waals surface area contributed by atoms with Crippen molar-refractivity contribution >= 4 is 10.9 Å². The Balaban J connectivity index is 1.18. The van der Waals surface area contributed by atoms with E-state index in [9.17, 15) is 18.3 Å². The van der Waals surface area contributed by atoms with Gasteiger partial charge in [0, 0.05) is 36.7 Å². The Kier molecular flexibility index (Phi) is 7.13. The molecule has 0 saturated heterocycles. The molecule has 0 atom stereocenters. The van der Waals surface area contributed by atoms with E-state index in [0.29, 0.717) is 19.5 Å². The van der Waals surface area contributed by atoms with E-state index in [4.69, 9.17) is 0 Å². The molecule has 3 aromatic rings. The summed E-state index contributed by atoms with van der Waals surface area (Å²) in [6.45, 7) is 3.01. The van der Waals surface area contributed by atoms with Gasteiger partial charge in [-0.05, 0) is 73.2 Å². The first kappa shape index (κ1) is 23.0. The highest BCUT2D eigenvalue weighted by molar-refractivity contribution is 5.83. The number of hydrogen-bond acceptors (Lipinski definition) is 4. The number of aliphatic hydroxyl groups is 1. The molecule has 1 aliphatic rings. The molecule has 8 heteroatoms. The lowest BCUT2D eigenvalue weighted by atomic mass is 9.99. The number of aromatic nitrogens is 1. The van der Waals surface area contributed by atoms with Crippen LogP contribution in [0.4, 0.5) is 13.2 Å². The van der Waals surface area contributed by atoms with Crippen molar-refractivity contribution in [2.45, 2.75) is 38.6 Å². The standard InChI is InChI=1S/C25H28F3N3O2/c26-25(27,28)33-21-9-7-18-11-14-31(17-20(18)15-21)13-4-3-12-29-24(32)10-8-19-16-30-23-6-2-1-5-22(19)23/h1-2,5-7,9-10,15-16,29-30,32H,3-4,8,11-14,17H2/b24-10+. The van der Waals surface area contributed by atoms with E-state index >= 15 is 0 Å². The Morgan fingerprint density at radius 2 is 2.00 bits per heavy atom. The molecule has 4 rings (SSSR count). The first-order chi connectivity index (χ1) is 15.9. The fourth-order valence-corrected chi connectivity index (χ4v) is 4.24. The molecule has 0 aliphatic carbocycles. The van der Waals surface area contributed by atoms with Crippen molar-refractivity contribution in [1.29, 1.82) is 0 Å². The van der Waals surface area contributed by atoms with Crippen LogP contribution in [0.1, 0.15) is 29.5 Å². The summed E-state index contributed by atoms with van der Waals surface area (Å²) in [5, 5.41) is 14.3. The lowest BCUT2D eigenvalue weighted by molar-refractivity contribution is -0.274. The Bertz CT molecular complexity index is 1110. The van der Waals surface area contributed by atoms with Crippen LogP contribution >= 0.6 is 0 Å². The van der Waals surface area contributed by atoms with Crippen LogP contribution in [-0.2, 0) is 19.4 Å². The smallest absolute Gasteiger partial charge is 0.495 e. The quantitative estimate of drug-likeness (QED) is 0.295. The van der Waals surface area contributed by atoms with Crippen LogP contribution in [0.25, 0.3) is 10.9 Å². The lowest BCUT2D eigenvalue weighted by Gasteiger charge is -2.29. The van der Waals surface area contributed by atoms with Crippen LogP contribution in [-0.4, -0.2) is 41.0 Å². The summed E-state index contributed by atoms with van der Waals surface area (Å²) in [7, 11) is 0. The number of benzene rings is 2. The van der Waals surface area contributed by atoms with Crippen molar-refractivity contribution in [3.8, 4) is 5.75 Å². The maximum atomic E-state index is 12.5. The van der Waals surface area contributed by atoms with Crippen LogP contribution in [0.5, 0.6) is 5.75 Å². The van der Waals surface area contributed by atoms with E-state index in [1.165, 1.54) is 12.1 Å². The third-order valence-corrected chi connectivity index (χ3v) is 5.90. The number of para-hydroxylation sites is 1. The Labute approximate surface area is 190 Å². The van der Waals surface area contributed by atoms with Gasteiger partial charge in [0.05, 0.1) is 0 Å². The molecule has 2 heterocycles. The number of aromatic amines is 1. The van der Waals surface area contributed by atoms with Gasteiger partial charge in [-0.25, -0.2) is 0 Å². The Hall–Kier alpha value is -3.13. The first-order valence-corrected chi connectivity index (χ1v) is 11.2. The second-order valence-electron chi connectivity index (χ2n) is 8.29. The van der Waals surface area contributed by atoms with Crippen LogP contribution in [0, 0.1) is 0 Å². The van der Waals surface area contributed by atoms with E-state index in [2.05, 4.69) is 26.0 Å². The number of alkyl halides is 3. The van der Waals surface area contributed by atoms with Gasteiger partial charge in [-0.3, -0.25) is 4.90 Å². The minimum Gasteiger partial charge on any atom is -0.495 e. The van der Waals surface area contributed by atoms with Gasteiger partial charge in [-0.1, -0.05) is 24.3 Å². The number of fused-ring (bicyclic) bond motifs is 2. The minimum absolute atomic E-state index is 0.165. The van der Waals surface area contributed by atoms with Gasteiger partial charge in [-0.15, -0.1) is 13.2 Å². The Morgan fingerprint density at radius 1 is 1.15 bits per heavy atom. The van der Waals surface area contributed by atoms with Gasteiger partial charge >= 0.3 is 6.36 Å². The largest absolute Gasteiger partial charge is 0.573 e. The van der Waals surface area contributed by atoms with Gasteiger partial charge < -0.3 is 20.1 Å². The molecular formula is C25H28F3N3O2. The molecule has 176 valence electrons. The van der Waals surface area contributed by atoms with Crippen LogP contribution < -0.4 is 10.1 Å². The zero-order valence-corrected chi connectivity index (χ0v) is 18.3. The molecule has 0 unspecified atom stereocenters. The first-order valence-electron chi connectivity index (χ1n) is 11.2. The number of allylic oxidation sites excluding steroid dienone is 1. The van der Waals surface area contributed by atoms with Gasteiger partial charge in [0.1, 0.15) is 5.75 Å². The van der Waals surface area contributed by atoms with Gasteiger partial charge in [0.15, 0.2) is 5.88 Å². The van der Waals surface area contributed by atoms with E-state index in [1.54, 1.807) is 12.1 Å². The molecule has 0 fully saturated rings. The topological polar surface area (TPSA) is 60.5 Å². The molecule has 3 N–H and O–H groups in total. The zero-order chi connectivity index (χ0) is 23.3. The molecule has 0 saturated carbocycles. The van der Waals surface area contributed by atoms with Crippen molar-refractivity contribution in [2.75, 3.05) is 19.6 Å². The van der Waals surface area contributed by atoms with E-state index < -0.39 is 6.36 Å². The highest BCUT2D eigenvalue weighted by Crippen LogP contribution is 2.28. The molecule has 0 radical (unpaired) electrons. The van der Waals surface area contributed by atoms with Crippen LogP contribution in [0.15, 0.2) is 60.6 Å². The average molecular weight is 460 g/mol. The number of rotatable bonds is 9. The normalized spacial score (nSPS) is 14.9. The maximum Gasteiger partial charge on any atom is 0.573 e. The van der Waals surface area contributed by atoms with E-state index in [1.807, 2.05) is 24.4 Å². The number of halogens is 3. The highest BCUT2D eigenvalue weighted by atomic mass is 19.4. The fourth-order valence-electron chi connectivity index (χ4n) is 4.24. The molecular weight excluding hydrogens is 431 g/mol. The monoisotopic (exact) mass is 459 g/mol. The fraction of sp³-hybridized carbons (Fsp3) is 0.360. The van der Waals surface area contributed by atoms with Gasteiger partial charge in [0.2, 0.25) is 0 Å².